The van der Waals surface area contributed by atoms with Gasteiger partial charge in [0.15, 0.2) is 0 Å². The SMILES string of the molecule is CCCSc1ccccc1C(=O)N1CCCC(C)C1. The number of amides is 1. The van der Waals surface area contributed by atoms with Gasteiger partial charge in [0, 0.05) is 18.0 Å². The zero-order valence-electron chi connectivity index (χ0n) is 11.9. The van der Waals surface area contributed by atoms with Gasteiger partial charge < -0.3 is 4.90 Å². The number of carbonyl (C=O) groups is 1. The molecular formula is C16H23NOS. The van der Waals surface area contributed by atoms with Gasteiger partial charge in [0.2, 0.25) is 0 Å². The topological polar surface area (TPSA) is 20.3 Å². The van der Waals surface area contributed by atoms with Gasteiger partial charge in [-0.25, -0.2) is 0 Å². The molecule has 1 unspecified atom stereocenters. The fraction of sp³-hybridized carbons (Fsp3) is 0.562. The summed E-state index contributed by atoms with van der Waals surface area (Å²) in [5.41, 5.74) is 0.884. The van der Waals surface area contributed by atoms with E-state index < -0.39 is 0 Å². The highest BCUT2D eigenvalue weighted by Gasteiger charge is 2.23. The van der Waals surface area contributed by atoms with Gasteiger partial charge in [0.05, 0.1) is 5.56 Å². The van der Waals surface area contributed by atoms with Crippen molar-refractivity contribution in [2.24, 2.45) is 5.92 Å². The molecule has 2 rings (SSSR count). The van der Waals surface area contributed by atoms with Crippen molar-refractivity contribution in [3.05, 3.63) is 29.8 Å². The number of benzene rings is 1. The summed E-state index contributed by atoms with van der Waals surface area (Å²) < 4.78 is 0. The van der Waals surface area contributed by atoms with Crippen LogP contribution in [0, 0.1) is 5.92 Å². The molecule has 3 heteroatoms. The number of likely N-dealkylation sites (tertiary alicyclic amines) is 1. The van der Waals surface area contributed by atoms with Crippen LogP contribution in [-0.4, -0.2) is 29.6 Å². The molecule has 1 fully saturated rings. The number of hydrogen-bond donors (Lipinski definition) is 0. The molecule has 1 aromatic carbocycles. The maximum atomic E-state index is 12.6. The zero-order chi connectivity index (χ0) is 13.7. The Balaban J connectivity index is 2.13. The van der Waals surface area contributed by atoms with Crippen LogP contribution < -0.4 is 0 Å². The smallest absolute Gasteiger partial charge is 0.254 e. The minimum absolute atomic E-state index is 0.214. The van der Waals surface area contributed by atoms with Crippen molar-refractivity contribution >= 4 is 17.7 Å². The monoisotopic (exact) mass is 277 g/mol. The third-order valence-corrected chi connectivity index (χ3v) is 4.80. The average molecular weight is 277 g/mol. The van der Waals surface area contributed by atoms with E-state index in [4.69, 9.17) is 0 Å². The molecule has 1 aliphatic heterocycles. The van der Waals surface area contributed by atoms with Crippen LogP contribution in [0.3, 0.4) is 0 Å². The van der Waals surface area contributed by atoms with Crippen molar-refractivity contribution in [2.75, 3.05) is 18.8 Å². The van der Waals surface area contributed by atoms with Crippen LogP contribution >= 0.6 is 11.8 Å². The second-order valence-electron chi connectivity index (χ2n) is 5.34. The van der Waals surface area contributed by atoms with Gasteiger partial charge in [-0.3, -0.25) is 4.79 Å². The molecule has 0 aromatic heterocycles. The van der Waals surface area contributed by atoms with Crippen molar-refractivity contribution in [3.63, 3.8) is 0 Å². The van der Waals surface area contributed by atoms with Crippen molar-refractivity contribution in [1.29, 1.82) is 0 Å². The normalized spacial score (nSPS) is 19.5. The van der Waals surface area contributed by atoms with Crippen molar-refractivity contribution in [1.82, 2.24) is 4.90 Å². The molecule has 0 spiro atoms. The van der Waals surface area contributed by atoms with Gasteiger partial charge in [-0.15, -0.1) is 11.8 Å². The third kappa shape index (κ3) is 3.75. The lowest BCUT2D eigenvalue weighted by atomic mass is 9.99. The van der Waals surface area contributed by atoms with Crippen molar-refractivity contribution in [3.8, 4) is 0 Å². The molecule has 0 radical (unpaired) electrons. The molecule has 1 aromatic rings. The van der Waals surface area contributed by atoms with Crippen LogP contribution in [0.2, 0.25) is 0 Å². The van der Waals surface area contributed by atoms with Gasteiger partial charge in [-0.2, -0.15) is 0 Å². The van der Waals surface area contributed by atoms with Crippen LogP contribution in [0.4, 0.5) is 0 Å². The van der Waals surface area contributed by atoms with E-state index in [-0.39, 0.29) is 5.91 Å². The Labute approximate surface area is 120 Å². The van der Waals surface area contributed by atoms with Crippen molar-refractivity contribution < 1.29 is 4.79 Å². The first-order chi connectivity index (χ1) is 9.22. The van der Waals surface area contributed by atoms with E-state index >= 15 is 0 Å². The Morgan fingerprint density at radius 2 is 2.21 bits per heavy atom. The minimum atomic E-state index is 0.214. The molecule has 0 saturated carbocycles. The summed E-state index contributed by atoms with van der Waals surface area (Å²) in [7, 11) is 0. The Morgan fingerprint density at radius 1 is 1.42 bits per heavy atom. The Kier molecular flexibility index (Phi) is 5.32. The molecule has 0 aliphatic carbocycles. The van der Waals surface area contributed by atoms with E-state index in [1.807, 2.05) is 23.1 Å². The number of nitrogens with zero attached hydrogens (tertiary/aromatic N) is 1. The molecule has 1 aliphatic rings. The maximum Gasteiger partial charge on any atom is 0.254 e. The average Bonchev–Trinajstić information content (AvgIpc) is 2.44. The molecule has 0 N–H and O–H groups in total. The van der Waals surface area contributed by atoms with E-state index in [1.54, 1.807) is 11.8 Å². The van der Waals surface area contributed by atoms with E-state index in [1.165, 1.54) is 6.42 Å². The summed E-state index contributed by atoms with van der Waals surface area (Å²) >= 11 is 1.79. The molecule has 104 valence electrons. The van der Waals surface area contributed by atoms with Gasteiger partial charge in [0.1, 0.15) is 0 Å². The first-order valence-corrected chi connectivity index (χ1v) is 8.22. The largest absolute Gasteiger partial charge is 0.338 e. The summed E-state index contributed by atoms with van der Waals surface area (Å²) in [6, 6.07) is 8.03. The summed E-state index contributed by atoms with van der Waals surface area (Å²) in [6.07, 6.45) is 3.52. The lowest BCUT2D eigenvalue weighted by Crippen LogP contribution is -2.39. The van der Waals surface area contributed by atoms with E-state index in [9.17, 15) is 4.79 Å². The summed E-state index contributed by atoms with van der Waals surface area (Å²) in [5.74, 6) is 1.92. The van der Waals surface area contributed by atoms with Crippen LogP contribution in [0.5, 0.6) is 0 Å². The lowest BCUT2D eigenvalue weighted by molar-refractivity contribution is 0.0679. The highest BCUT2D eigenvalue weighted by atomic mass is 32.2. The van der Waals surface area contributed by atoms with E-state index in [0.717, 1.165) is 42.1 Å². The number of hydrogen-bond acceptors (Lipinski definition) is 2. The van der Waals surface area contributed by atoms with Gasteiger partial charge >= 0.3 is 0 Å². The van der Waals surface area contributed by atoms with E-state index in [0.29, 0.717) is 5.92 Å². The molecule has 1 atom stereocenters. The third-order valence-electron chi connectivity index (χ3n) is 3.52. The first-order valence-electron chi connectivity index (χ1n) is 7.23. The highest BCUT2D eigenvalue weighted by molar-refractivity contribution is 7.99. The Bertz CT molecular complexity index is 433. The van der Waals surface area contributed by atoms with Gasteiger partial charge in [-0.1, -0.05) is 26.0 Å². The van der Waals surface area contributed by atoms with Gasteiger partial charge in [-0.05, 0) is 43.1 Å². The van der Waals surface area contributed by atoms with Crippen molar-refractivity contribution in [2.45, 2.75) is 38.0 Å². The maximum absolute atomic E-state index is 12.6. The molecule has 1 amide bonds. The summed E-state index contributed by atoms with van der Waals surface area (Å²) in [5, 5.41) is 0. The van der Waals surface area contributed by atoms with E-state index in [2.05, 4.69) is 19.9 Å². The minimum Gasteiger partial charge on any atom is -0.338 e. The molecule has 1 heterocycles. The molecule has 0 bridgehead atoms. The van der Waals surface area contributed by atoms with Crippen LogP contribution in [0.15, 0.2) is 29.2 Å². The Hall–Kier alpha value is -0.960. The molecule has 19 heavy (non-hydrogen) atoms. The molecule has 1 saturated heterocycles. The number of thioether (sulfide) groups is 1. The summed E-state index contributed by atoms with van der Waals surface area (Å²) in [6.45, 7) is 6.22. The van der Waals surface area contributed by atoms with Crippen LogP contribution in [-0.2, 0) is 0 Å². The number of piperidine rings is 1. The zero-order valence-corrected chi connectivity index (χ0v) is 12.7. The first kappa shape index (κ1) is 14.4. The fourth-order valence-corrected chi connectivity index (χ4v) is 3.44. The fourth-order valence-electron chi connectivity index (χ4n) is 2.53. The standard InChI is InChI=1S/C16H23NOS/c1-3-11-19-15-9-5-4-8-14(15)16(18)17-10-6-7-13(2)12-17/h4-5,8-9,13H,3,6-7,10-12H2,1-2H3. The number of carbonyl (C=O) groups excluding carboxylic acids is 1. The summed E-state index contributed by atoms with van der Waals surface area (Å²) in [4.78, 5) is 15.8. The van der Waals surface area contributed by atoms with Crippen LogP contribution in [0.25, 0.3) is 0 Å². The highest BCUT2D eigenvalue weighted by Crippen LogP contribution is 2.26. The van der Waals surface area contributed by atoms with Gasteiger partial charge in [0.25, 0.3) is 5.91 Å². The predicted molar refractivity (Wildman–Crippen MR) is 81.8 cm³/mol. The quantitative estimate of drug-likeness (QED) is 0.774. The second kappa shape index (κ2) is 6.99. The number of rotatable bonds is 4. The second-order valence-corrected chi connectivity index (χ2v) is 6.48. The Morgan fingerprint density at radius 3 is 2.95 bits per heavy atom. The predicted octanol–water partition coefficient (Wildman–Crippen LogP) is 4.06. The molecular weight excluding hydrogens is 254 g/mol. The molecule has 2 nitrogen and oxygen atoms in total. The van der Waals surface area contributed by atoms with Crippen LogP contribution in [0.1, 0.15) is 43.5 Å². The lowest BCUT2D eigenvalue weighted by Gasteiger charge is -2.31.